The van der Waals surface area contributed by atoms with Crippen LogP contribution in [0.2, 0.25) is 0 Å². The third-order valence-corrected chi connectivity index (χ3v) is 7.74. The predicted octanol–water partition coefficient (Wildman–Crippen LogP) is 6.03. The third kappa shape index (κ3) is 7.81. The first-order valence-electron chi connectivity index (χ1n) is 13.9. The summed E-state index contributed by atoms with van der Waals surface area (Å²) in [5, 5.41) is 3.38. The third-order valence-electron chi connectivity index (χ3n) is 7.74. The van der Waals surface area contributed by atoms with Crippen molar-refractivity contribution in [2.75, 3.05) is 39.3 Å². The summed E-state index contributed by atoms with van der Waals surface area (Å²) in [5.74, 6) is 1.48. The van der Waals surface area contributed by atoms with Crippen LogP contribution in [0.4, 0.5) is 4.79 Å². The predicted molar refractivity (Wildman–Crippen MR) is 147 cm³/mol. The zero-order valence-electron chi connectivity index (χ0n) is 22.5. The number of nitrogens with zero attached hydrogens (tertiary/aromatic N) is 2. The highest BCUT2D eigenvalue weighted by atomic mass is 16.6. The molecule has 5 nitrogen and oxygen atoms in total. The summed E-state index contributed by atoms with van der Waals surface area (Å²) in [5.41, 5.74) is 2.57. The smallest absolute Gasteiger partial charge is 0.410 e. The van der Waals surface area contributed by atoms with Crippen molar-refractivity contribution in [1.29, 1.82) is 0 Å². The van der Waals surface area contributed by atoms with Crippen LogP contribution in [-0.4, -0.2) is 66.8 Å². The highest BCUT2D eigenvalue weighted by Crippen LogP contribution is 2.30. The average Bonchev–Trinajstić information content (AvgIpc) is 3.41. The quantitative estimate of drug-likeness (QED) is 0.569. The van der Waals surface area contributed by atoms with Gasteiger partial charge in [0.15, 0.2) is 0 Å². The molecule has 5 rings (SSSR count). The van der Waals surface area contributed by atoms with E-state index in [0.29, 0.717) is 12.0 Å². The first-order chi connectivity index (χ1) is 17.4. The van der Waals surface area contributed by atoms with Crippen molar-refractivity contribution in [3.05, 3.63) is 71.8 Å². The van der Waals surface area contributed by atoms with Gasteiger partial charge in [-0.15, -0.1) is 0 Å². The van der Waals surface area contributed by atoms with Gasteiger partial charge in [-0.1, -0.05) is 60.7 Å². The topological polar surface area (TPSA) is 44.8 Å². The van der Waals surface area contributed by atoms with Gasteiger partial charge in [-0.05, 0) is 102 Å². The molecule has 3 aliphatic heterocycles. The van der Waals surface area contributed by atoms with E-state index in [1.807, 2.05) is 25.7 Å². The minimum atomic E-state index is -0.413. The molecule has 0 aromatic heterocycles. The van der Waals surface area contributed by atoms with Crippen LogP contribution in [0, 0.1) is 0 Å². The molecule has 0 spiro atoms. The number of nitrogens with one attached hydrogen (secondary N) is 1. The number of hydrogen-bond acceptors (Lipinski definition) is 4. The van der Waals surface area contributed by atoms with Crippen molar-refractivity contribution >= 4 is 6.09 Å². The first-order valence-corrected chi connectivity index (χ1v) is 13.9. The maximum Gasteiger partial charge on any atom is 0.410 e. The van der Waals surface area contributed by atoms with Crippen molar-refractivity contribution in [3.63, 3.8) is 0 Å². The first kappa shape index (κ1) is 26.7. The van der Waals surface area contributed by atoms with Crippen LogP contribution < -0.4 is 5.32 Å². The van der Waals surface area contributed by atoms with E-state index in [1.54, 1.807) is 0 Å². The molecule has 2 aromatic rings. The van der Waals surface area contributed by atoms with E-state index in [4.69, 9.17) is 4.74 Å². The minimum absolute atomic E-state index is 0.163. The SMILES string of the molecule is CC(C)(C)OC(=O)N1CCC(N2CCC(c3ccccc3)CC2)C1.c1ccc(C2CCNCC2)cc1. The molecule has 36 heavy (non-hydrogen) atoms. The summed E-state index contributed by atoms with van der Waals surface area (Å²) in [6.45, 7) is 12.0. The lowest BCUT2D eigenvalue weighted by Gasteiger charge is -2.36. The van der Waals surface area contributed by atoms with Crippen LogP contribution in [0.15, 0.2) is 60.7 Å². The number of carbonyl (C=O) groups excluding carboxylic acids is 1. The Hall–Kier alpha value is -2.37. The summed E-state index contributed by atoms with van der Waals surface area (Å²) in [6, 6.07) is 22.2. The van der Waals surface area contributed by atoms with E-state index in [1.165, 1.54) is 49.9 Å². The van der Waals surface area contributed by atoms with E-state index in [0.717, 1.165) is 38.5 Å². The summed E-state index contributed by atoms with van der Waals surface area (Å²) in [4.78, 5) is 16.7. The molecule has 5 heteroatoms. The molecule has 3 aliphatic rings. The standard InChI is InChI=1S/C20H30N2O2.C11H15N/c1-20(2,3)24-19(23)22-14-11-18(15-22)21-12-9-17(10-13-21)16-7-5-4-6-8-16;1-2-4-10(5-3-1)11-6-8-12-9-7-11/h4-8,17-18H,9-15H2,1-3H3;1-5,11-12H,6-9H2. The van der Waals surface area contributed by atoms with Crippen molar-refractivity contribution < 1.29 is 9.53 Å². The van der Waals surface area contributed by atoms with Crippen LogP contribution in [-0.2, 0) is 4.74 Å². The van der Waals surface area contributed by atoms with Crippen molar-refractivity contribution in [2.45, 2.75) is 76.4 Å². The number of amides is 1. The van der Waals surface area contributed by atoms with Gasteiger partial charge in [-0.2, -0.15) is 0 Å². The van der Waals surface area contributed by atoms with E-state index in [9.17, 15) is 4.79 Å². The van der Waals surface area contributed by atoms with Gasteiger partial charge in [-0.3, -0.25) is 4.90 Å². The molecule has 0 aliphatic carbocycles. The monoisotopic (exact) mass is 491 g/mol. The molecule has 0 bridgehead atoms. The van der Waals surface area contributed by atoms with Gasteiger partial charge in [-0.25, -0.2) is 4.79 Å². The fourth-order valence-corrected chi connectivity index (χ4v) is 5.74. The molecule has 2 aromatic carbocycles. The number of ether oxygens (including phenoxy) is 1. The average molecular weight is 492 g/mol. The number of piperidine rings is 2. The molecule has 3 fully saturated rings. The van der Waals surface area contributed by atoms with Crippen LogP contribution in [0.5, 0.6) is 0 Å². The maximum absolute atomic E-state index is 12.2. The van der Waals surface area contributed by atoms with Gasteiger partial charge in [0.05, 0.1) is 0 Å². The van der Waals surface area contributed by atoms with Gasteiger partial charge < -0.3 is 15.0 Å². The fraction of sp³-hybridized carbons (Fsp3) is 0.581. The Kier molecular flexibility index (Phi) is 9.44. The number of likely N-dealkylation sites (tertiary alicyclic amines) is 2. The Balaban J connectivity index is 0.000000211. The molecular formula is C31H45N3O2. The lowest BCUT2D eigenvalue weighted by molar-refractivity contribution is 0.0276. The van der Waals surface area contributed by atoms with Crippen LogP contribution in [0.3, 0.4) is 0 Å². The number of hydrogen-bond donors (Lipinski definition) is 1. The molecule has 3 saturated heterocycles. The molecule has 0 radical (unpaired) electrons. The van der Waals surface area contributed by atoms with Crippen molar-refractivity contribution in [3.8, 4) is 0 Å². The highest BCUT2D eigenvalue weighted by Gasteiger charge is 2.34. The Labute approximate surface area is 218 Å². The zero-order valence-corrected chi connectivity index (χ0v) is 22.5. The Morgan fingerprint density at radius 1 is 0.778 bits per heavy atom. The Morgan fingerprint density at radius 2 is 1.31 bits per heavy atom. The summed E-state index contributed by atoms with van der Waals surface area (Å²) >= 11 is 0. The van der Waals surface area contributed by atoms with Gasteiger partial charge >= 0.3 is 6.09 Å². The van der Waals surface area contributed by atoms with Crippen molar-refractivity contribution in [1.82, 2.24) is 15.1 Å². The zero-order chi connectivity index (χ0) is 25.4. The van der Waals surface area contributed by atoms with Gasteiger partial charge in [0, 0.05) is 19.1 Å². The molecule has 196 valence electrons. The summed E-state index contributed by atoms with van der Waals surface area (Å²) < 4.78 is 5.50. The number of rotatable bonds is 3. The molecular weight excluding hydrogens is 446 g/mol. The molecule has 1 atom stereocenters. The Morgan fingerprint density at radius 3 is 1.83 bits per heavy atom. The van der Waals surface area contributed by atoms with E-state index in [2.05, 4.69) is 70.9 Å². The lowest BCUT2D eigenvalue weighted by Crippen LogP contribution is -2.43. The second-order valence-corrected chi connectivity index (χ2v) is 11.5. The van der Waals surface area contributed by atoms with E-state index in [-0.39, 0.29) is 6.09 Å². The summed E-state index contributed by atoms with van der Waals surface area (Å²) in [7, 11) is 0. The normalized spacial score (nSPS) is 22.1. The van der Waals surface area contributed by atoms with Crippen molar-refractivity contribution in [2.24, 2.45) is 0 Å². The molecule has 1 amide bonds. The molecule has 1 N–H and O–H groups in total. The number of benzene rings is 2. The van der Waals surface area contributed by atoms with E-state index >= 15 is 0 Å². The molecule has 0 saturated carbocycles. The minimum Gasteiger partial charge on any atom is -0.444 e. The summed E-state index contributed by atoms with van der Waals surface area (Å²) in [6.07, 6.45) is 5.92. The van der Waals surface area contributed by atoms with Crippen LogP contribution in [0.25, 0.3) is 0 Å². The second kappa shape index (κ2) is 12.7. The second-order valence-electron chi connectivity index (χ2n) is 11.5. The lowest BCUT2D eigenvalue weighted by atomic mass is 9.89. The van der Waals surface area contributed by atoms with E-state index < -0.39 is 5.60 Å². The Bertz CT molecular complexity index is 914. The van der Waals surface area contributed by atoms with Gasteiger partial charge in [0.2, 0.25) is 0 Å². The molecule has 3 heterocycles. The maximum atomic E-state index is 12.2. The molecule has 1 unspecified atom stereocenters. The largest absolute Gasteiger partial charge is 0.444 e. The van der Waals surface area contributed by atoms with Crippen LogP contribution >= 0.6 is 0 Å². The van der Waals surface area contributed by atoms with Gasteiger partial charge in [0.1, 0.15) is 5.60 Å². The van der Waals surface area contributed by atoms with Crippen LogP contribution in [0.1, 0.15) is 75.8 Å². The fourth-order valence-electron chi connectivity index (χ4n) is 5.74. The van der Waals surface area contributed by atoms with Gasteiger partial charge in [0.25, 0.3) is 0 Å². The highest BCUT2D eigenvalue weighted by molar-refractivity contribution is 5.68. The number of carbonyl (C=O) groups is 1.